The lowest BCUT2D eigenvalue weighted by Crippen LogP contribution is -2.01. The van der Waals surface area contributed by atoms with Crippen LogP contribution in [0.1, 0.15) is 25.0 Å². The quantitative estimate of drug-likeness (QED) is 0.765. The molecule has 0 saturated heterocycles. The second-order valence-electron chi connectivity index (χ2n) is 3.79. The average Bonchev–Trinajstić information content (AvgIpc) is 2.26. The van der Waals surface area contributed by atoms with Crippen LogP contribution >= 0.6 is 0 Å². The molecule has 1 aromatic rings. The van der Waals surface area contributed by atoms with Gasteiger partial charge in [0.2, 0.25) is 0 Å². The van der Waals surface area contributed by atoms with Gasteiger partial charge in [-0.25, -0.2) is 0 Å². The van der Waals surface area contributed by atoms with Gasteiger partial charge in [0.25, 0.3) is 0 Å². The molecule has 0 spiro atoms. The predicted octanol–water partition coefficient (Wildman–Crippen LogP) is 2.42. The minimum absolute atomic E-state index is 0.0276. The molecule has 0 aromatic heterocycles. The third-order valence-corrected chi connectivity index (χ3v) is 2.14. The molecule has 0 aliphatic carbocycles. The molecule has 0 fully saturated rings. The summed E-state index contributed by atoms with van der Waals surface area (Å²) in [6, 6.07) is 7.49. The van der Waals surface area contributed by atoms with Crippen molar-refractivity contribution in [3.05, 3.63) is 41.5 Å². The van der Waals surface area contributed by atoms with Crippen LogP contribution in [0.5, 0.6) is 0 Å². The molecule has 0 amide bonds. The number of aliphatic hydroxyl groups is 1. The predicted molar refractivity (Wildman–Crippen MR) is 61.2 cm³/mol. The van der Waals surface area contributed by atoms with Crippen molar-refractivity contribution in [1.29, 1.82) is 0 Å². The van der Waals surface area contributed by atoms with Crippen molar-refractivity contribution in [3.8, 4) is 0 Å². The zero-order valence-electron chi connectivity index (χ0n) is 9.10. The van der Waals surface area contributed by atoms with Gasteiger partial charge in [-0.1, -0.05) is 38.1 Å². The maximum atomic E-state index is 11.3. The lowest BCUT2D eigenvalue weighted by atomic mass is 10.1. The van der Waals surface area contributed by atoms with Crippen molar-refractivity contribution in [2.24, 2.45) is 5.92 Å². The lowest BCUT2D eigenvalue weighted by molar-refractivity contribution is -0.117. The molecular weight excluding hydrogens is 188 g/mol. The van der Waals surface area contributed by atoms with Crippen LogP contribution in [0, 0.1) is 5.92 Å². The van der Waals surface area contributed by atoms with Crippen molar-refractivity contribution in [2.45, 2.75) is 20.5 Å². The van der Waals surface area contributed by atoms with Crippen molar-refractivity contribution >= 4 is 11.9 Å². The monoisotopic (exact) mass is 204 g/mol. The molecule has 0 saturated carbocycles. The Balaban J connectivity index is 2.76. The highest BCUT2D eigenvalue weighted by Crippen LogP contribution is 2.08. The van der Waals surface area contributed by atoms with Crippen molar-refractivity contribution in [2.75, 3.05) is 0 Å². The zero-order valence-corrected chi connectivity index (χ0v) is 9.10. The van der Waals surface area contributed by atoms with Gasteiger partial charge < -0.3 is 5.11 Å². The first-order valence-corrected chi connectivity index (χ1v) is 5.05. The average molecular weight is 204 g/mol. The zero-order chi connectivity index (χ0) is 11.3. The Morgan fingerprint density at radius 1 is 1.47 bits per heavy atom. The summed E-state index contributed by atoms with van der Waals surface area (Å²) in [5.74, 6) is 0.145. The number of aliphatic hydroxyl groups excluding tert-OH is 1. The van der Waals surface area contributed by atoms with Crippen LogP contribution in [0.3, 0.4) is 0 Å². The first-order chi connectivity index (χ1) is 7.13. The summed E-state index contributed by atoms with van der Waals surface area (Å²) >= 11 is 0. The molecule has 2 heteroatoms. The van der Waals surface area contributed by atoms with Gasteiger partial charge in [-0.2, -0.15) is 0 Å². The topological polar surface area (TPSA) is 37.3 Å². The molecule has 2 nitrogen and oxygen atoms in total. The number of benzene rings is 1. The number of ketones is 1. The second-order valence-corrected chi connectivity index (χ2v) is 3.79. The summed E-state index contributed by atoms with van der Waals surface area (Å²) in [6.07, 6.45) is 3.36. The molecule has 0 atom stereocenters. The van der Waals surface area contributed by atoms with Crippen LogP contribution in [-0.4, -0.2) is 10.9 Å². The fraction of sp³-hybridized carbons (Fsp3) is 0.308. The van der Waals surface area contributed by atoms with Gasteiger partial charge in [0.15, 0.2) is 5.78 Å². The molecule has 1 aromatic carbocycles. The van der Waals surface area contributed by atoms with Crippen molar-refractivity contribution in [3.63, 3.8) is 0 Å². The maximum absolute atomic E-state index is 11.3. The Bertz CT molecular complexity index is 365. The molecule has 0 radical (unpaired) electrons. The Morgan fingerprint density at radius 2 is 2.20 bits per heavy atom. The summed E-state index contributed by atoms with van der Waals surface area (Å²) in [4.78, 5) is 11.3. The van der Waals surface area contributed by atoms with Gasteiger partial charge in [0.1, 0.15) is 0 Å². The standard InChI is InChI=1S/C13H16O2/c1-10(2)13(15)7-6-11-4-3-5-12(8-11)9-14/h3-8,10,14H,9H2,1-2H3/b7-6+. The van der Waals surface area contributed by atoms with E-state index in [9.17, 15) is 4.79 Å². The van der Waals surface area contributed by atoms with E-state index >= 15 is 0 Å². The van der Waals surface area contributed by atoms with Crippen LogP contribution in [0.25, 0.3) is 6.08 Å². The van der Waals surface area contributed by atoms with E-state index < -0.39 is 0 Å². The van der Waals surface area contributed by atoms with Gasteiger partial charge in [-0.15, -0.1) is 0 Å². The van der Waals surface area contributed by atoms with Crippen LogP contribution in [0.15, 0.2) is 30.3 Å². The van der Waals surface area contributed by atoms with Gasteiger partial charge in [-0.3, -0.25) is 4.79 Å². The summed E-state index contributed by atoms with van der Waals surface area (Å²) in [7, 11) is 0. The second kappa shape index (κ2) is 5.47. The summed E-state index contributed by atoms with van der Waals surface area (Å²) < 4.78 is 0. The van der Waals surface area contributed by atoms with Gasteiger partial charge in [-0.05, 0) is 23.3 Å². The molecule has 1 rings (SSSR count). The Hall–Kier alpha value is -1.41. The van der Waals surface area contributed by atoms with Crippen LogP contribution < -0.4 is 0 Å². The SMILES string of the molecule is CC(C)C(=O)/C=C/c1cccc(CO)c1. The van der Waals surface area contributed by atoms with E-state index in [0.29, 0.717) is 0 Å². The highest BCUT2D eigenvalue weighted by Gasteiger charge is 2.01. The number of allylic oxidation sites excluding steroid dienone is 1. The molecule has 0 unspecified atom stereocenters. The Morgan fingerprint density at radius 3 is 2.80 bits per heavy atom. The van der Waals surface area contributed by atoms with Crippen LogP contribution in [0.2, 0.25) is 0 Å². The van der Waals surface area contributed by atoms with Crippen molar-refractivity contribution < 1.29 is 9.90 Å². The van der Waals surface area contributed by atoms with Crippen molar-refractivity contribution in [1.82, 2.24) is 0 Å². The first-order valence-electron chi connectivity index (χ1n) is 5.05. The minimum atomic E-state index is 0.0276. The summed E-state index contributed by atoms with van der Waals surface area (Å²) in [5, 5.41) is 8.94. The molecule has 1 N–H and O–H groups in total. The molecule has 0 aliphatic heterocycles. The molecule has 80 valence electrons. The summed E-state index contributed by atoms with van der Waals surface area (Å²) in [6.45, 7) is 3.77. The molecule has 0 bridgehead atoms. The van der Waals surface area contributed by atoms with E-state index in [1.165, 1.54) is 0 Å². The highest BCUT2D eigenvalue weighted by atomic mass is 16.3. The molecule has 0 heterocycles. The molecule has 15 heavy (non-hydrogen) atoms. The third-order valence-electron chi connectivity index (χ3n) is 2.14. The van der Waals surface area contributed by atoms with E-state index in [4.69, 9.17) is 5.11 Å². The Kier molecular flexibility index (Phi) is 4.25. The van der Waals surface area contributed by atoms with Gasteiger partial charge >= 0.3 is 0 Å². The Labute approximate surface area is 90.3 Å². The van der Waals surface area contributed by atoms with E-state index in [0.717, 1.165) is 11.1 Å². The highest BCUT2D eigenvalue weighted by molar-refractivity contribution is 5.94. The third kappa shape index (κ3) is 3.68. The van der Waals surface area contributed by atoms with Crippen LogP contribution in [-0.2, 0) is 11.4 Å². The number of rotatable bonds is 4. The van der Waals surface area contributed by atoms with E-state index in [1.54, 1.807) is 12.2 Å². The van der Waals surface area contributed by atoms with E-state index in [-0.39, 0.29) is 18.3 Å². The number of carbonyl (C=O) groups is 1. The fourth-order valence-corrected chi connectivity index (χ4v) is 1.17. The van der Waals surface area contributed by atoms with Gasteiger partial charge in [0, 0.05) is 5.92 Å². The normalized spacial score (nSPS) is 11.2. The molecule has 0 aliphatic rings. The first kappa shape index (κ1) is 11.7. The summed E-state index contributed by atoms with van der Waals surface area (Å²) in [5.41, 5.74) is 1.80. The van der Waals surface area contributed by atoms with Gasteiger partial charge in [0.05, 0.1) is 6.61 Å². The van der Waals surface area contributed by atoms with E-state index in [2.05, 4.69) is 0 Å². The number of hydrogen-bond acceptors (Lipinski definition) is 2. The largest absolute Gasteiger partial charge is 0.392 e. The maximum Gasteiger partial charge on any atom is 0.158 e. The smallest absolute Gasteiger partial charge is 0.158 e. The number of carbonyl (C=O) groups excluding carboxylic acids is 1. The number of hydrogen-bond donors (Lipinski definition) is 1. The molecular formula is C13H16O2. The lowest BCUT2D eigenvalue weighted by Gasteiger charge is -1.99. The fourth-order valence-electron chi connectivity index (χ4n) is 1.17. The van der Waals surface area contributed by atoms with E-state index in [1.807, 2.05) is 38.1 Å². The minimum Gasteiger partial charge on any atom is -0.392 e. The van der Waals surface area contributed by atoms with Crippen LogP contribution in [0.4, 0.5) is 0 Å².